The lowest BCUT2D eigenvalue weighted by atomic mass is 9.92. The lowest BCUT2D eigenvalue weighted by molar-refractivity contribution is -0.114. The second kappa shape index (κ2) is 9.06. The molecule has 0 radical (unpaired) electrons. The van der Waals surface area contributed by atoms with E-state index in [2.05, 4.69) is 26.2 Å². The zero-order valence-electron chi connectivity index (χ0n) is 17.1. The summed E-state index contributed by atoms with van der Waals surface area (Å²) in [5, 5.41) is 9.27. The number of methoxy groups -OCH3 is 1. The summed E-state index contributed by atoms with van der Waals surface area (Å²) in [7, 11) is 1.62. The number of allylic oxidation sites excluding steroid dienone is 2. The molecule has 6 nitrogen and oxygen atoms in total. The van der Waals surface area contributed by atoms with Crippen LogP contribution in [0.2, 0.25) is 5.02 Å². The topological polar surface area (TPSA) is 69.0 Å². The molecule has 160 valence electrons. The number of Topliss-reactive ketones (excluding diaryl/α,β-unsaturated/α-hetero) is 1. The number of ketones is 1. The quantitative estimate of drug-likeness (QED) is 0.411. The van der Waals surface area contributed by atoms with Gasteiger partial charge in [-0.3, -0.25) is 4.79 Å². The zero-order chi connectivity index (χ0) is 22.1. The molecule has 0 amide bonds. The normalized spacial score (nSPS) is 15.5. The Bertz CT molecular complexity index is 1190. The maximum absolute atomic E-state index is 12.6. The molecule has 1 aliphatic rings. The van der Waals surface area contributed by atoms with Crippen molar-refractivity contribution < 1.29 is 9.53 Å². The van der Waals surface area contributed by atoms with E-state index >= 15 is 0 Å². The van der Waals surface area contributed by atoms with Crippen molar-refractivity contribution in [3.05, 3.63) is 74.4 Å². The predicted molar refractivity (Wildman–Crippen MR) is 127 cm³/mol. The summed E-state index contributed by atoms with van der Waals surface area (Å²) in [6.07, 6.45) is 0. The van der Waals surface area contributed by atoms with Crippen molar-refractivity contribution in [1.82, 2.24) is 14.8 Å². The molecule has 2 heterocycles. The lowest BCUT2D eigenvalue weighted by Gasteiger charge is -2.29. The number of benzene rings is 2. The minimum absolute atomic E-state index is 0.0385. The molecule has 3 aromatic rings. The second-order valence-corrected chi connectivity index (χ2v) is 9.32. The smallest absolute Gasteiger partial charge is 0.227 e. The molecule has 0 saturated carbocycles. The summed E-state index contributed by atoms with van der Waals surface area (Å²) >= 11 is 11.3. The van der Waals surface area contributed by atoms with Gasteiger partial charge in [0.15, 0.2) is 5.78 Å². The summed E-state index contributed by atoms with van der Waals surface area (Å²) in [6, 6.07) is 13.0. The van der Waals surface area contributed by atoms with Crippen molar-refractivity contribution >= 4 is 51.0 Å². The third-order valence-electron chi connectivity index (χ3n) is 5.01. The van der Waals surface area contributed by atoms with Crippen molar-refractivity contribution in [2.75, 3.05) is 12.4 Å². The summed E-state index contributed by atoms with van der Waals surface area (Å²) in [5.41, 5.74) is 3.22. The third kappa shape index (κ3) is 4.37. The Balaban J connectivity index is 1.76. The Morgan fingerprint density at radius 3 is 2.81 bits per heavy atom. The Hall–Kier alpha value is -2.29. The van der Waals surface area contributed by atoms with Gasteiger partial charge in [-0.15, -0.1) is 5.10 Å². The van der Waals surface area contributed by atoms with Crippen molar-refractivity contribution in [2.24, 2.45) is 0 Å². The van der Waals surface area contributed by atoms with Gasteiger partial charge in [-0.25, -0.2) is 4.68 Å². The first-order chi connectivity index (χ1) is 14.9. The van der Waals surface area contributed by atoms with Crippen LogP contribution >= 0.6 is 39.3 Å². The van der Waals surface area contributed by atoms with Gasteiger partial charge in [0.05, 0.1) is 7.11 Å². The number of hydrogen-bond donors (Lipinski definition) is 1. The predicted octanol–water partition coefficient (Wildman–Crippen LogP) is 5.87. The molecule has 0 saturated heterocycles. The van der Waals surface area contributed by atoms with Gasteiger partial charge in [0.1, 0.15) is 11.8 Å². The van der Waals surface area contributed by atoms with E-state index in [9.17, 15) is 4.79 Å². The number of nitrogens with zero attached hydrogens (tertiary/aromatic N) is 3. The molecule has 1 atom stereocenters. The lowest BCUT2D eigenvalue weighted by Crippen LogP contribution is -2.28. The molecular formula is C22H20BrClN4O2S. The van der Waals surface area contributed by atoms with Gasteiger partial charge in [-0.05, 0) is 43.7 Å². The molecule has 1 N–H and O–H groups in total. The summed E-state index contributed by atoms with van der Waals surface area (Å²) in [6.45, 7) is 3.44. The SMILES string of the molecule is COc1ccc(Br)cc1C1C(C(C)=O)=C(C)Nc2nc(SCc3ccccc3Cl)nn21. The van der Waals surface area contributed by atoms with E-state index in [4.69, 9.17) is 21.4 Å². The van der Waals surface area contributed by atoms with Gasteiger partial charge in [-0.2, -0.15) is 4.98 Å². The maximum atomic E-state index is 12.6. The summed E-state index contributed by atoms with van der Waals surface area (Å²) in [4.78, 5) is 17.3. The molecule has 2 aromatic carbocycles. The zero-order valence-corrected chi connectivity index (χ0v) is 20.3. The van der Waals surface area contributed by atoms with Crippen LogP contribution in [-0.2, 0) is 10.5 Å². The van der Waals surface area contributed by atoms with E-state index in [0.717, 1.165) is 21.3 Å². The van der Waals surface area contributed by atoms with Crippen LogP contribution in [0.25, 0.3) is 0 Å². The fraction of sp³-hybridized carbons (Fsp3) is 0.227. The van der Waals surface area contributed by atoms with Crippen LogP contribution in [0, 0.1) is 0 Å². The molecule has 0 spiro atoms. The van der Waals surface area contributed by atoms with Crippen LogP contribution in [0.15, 0.2) is 63.4 Å². The molecule has 0 fully saturated rings. The standard InChI is InChI=1S/C22H20BrClN4O2S/c1-12-19(13(2)29)20(16-10-15(23)8-9-18(16)30-3)28-21(25-12)26-22(27-28)31-11-14-6-4-5-7-17(14)24/h4-10,20H,11H2,1-3H3,(H,25,26,27). The first-order valence-electron chi connectivity index (χ1n) is 9.54. The highest BCUT2D eigenvalue weighted by molar-refractivity contribution is 9.10. The number of halogens is 2. The first-order valence-corrected chi connectivity index (χ1v) is 11.7. The van der Waals surface area contributed by atoms with E-state index in [1.54, 1.807) is 18.7 Å². The second-order valence-electron chi connectivity index (χ2n) is 7.05. The minimum atomic E-state index is -0.455. The fourth-order valence-electron chi connectivity index (χ4n) is 3.61. The highest BCUT2D eigenvalue weighted by Crippen LogP contribution is 2.41. The van der Waals surface area contributed by atoms with Crippen LogP contribution in [0.3, 0.4) is 0 Å². The summed E-state index contributed by atoms with van der Waals surface area (Å²) < 4.78 is 8.24. The van der Waals surface area contributed by atoms with Gasteiger partial charge in [0, 0.05) is 32.1 Å². The van der Waals surface area contributed by atoms with Crippen molar-refractivity contribution in [3.8, 4) is 5.75 Å². The molecule has 31 heavy (non-hydrogen) atoms. The molecule has 1 aromatic heterocycles. The van der Waals surface area contributed by atoms with Gasteiger partial charge in [-0.1, -0.05) is 57.5 Å². The van der Waals surface area contributed by atoms with E-state index in [-0.39, 0.29) is 5.78 Å². The first kappa shape index (κ1) is 21.9. The number of thioether (sulfide) groups is 1. The third-order valence-corrected chi connectivity index (χ3v) is 6.76. The molecule has 1 unspecified atom stereocenters. The van der Waals surface area contributed by atoms with Gasteiger partial charge >= 0.3 is 0 Å². The number of rotatable bonds is 6. The Morgan fingerprint density at radius 2 is 2.10 bits per heavy atom. The Morgan fingerprint density at radius 1 is 1.32 bits per heavy atom. The Kier molecular flexibility index (Phi) is 6.41. The van der Waals surface area contributed by atoms with Crippen LogP contribution in [-0.4, -0.2) is 27.7 Å². The van der Waals surface area contributed by atoms with Crippen LogP contribution in [0.4, 0.5) is 5.95 Å². The van der Waals surface area contributed by atoms with Crippen molar-refractivity contribution in [2.45, 2.75) is 30.8 Å². The molecular weight excluding hydrogens is 500 g/mol. The number of carbonyl (C=O) groups excluding carboxylic acids is 1. The molecule has 0 aliphatic carbocycles. The fourth-order valence-corrected chi connectivity index (χ4v) is 5.11. The number of carbonyl (C=O) groups is 1. The molecule has 1 aliphatic heterocycles. The van der Waals surface area contributed by atoms with E-state index in [1.807, 2.05) is 49.4 Å². The maximum Gasteiger partial charge on any atom is 0.227 e. The number of fused-ring (bicyclic) bond motifs is 1. The minimum Gasteiger partial charge on any atom is -0.496 e. The summed E-state index contributed by atoms with van der Waals surface area (Å²) in [5.74, 6) is 1.85. The highest BCUT2D eigenvalue weighted by Gasteiger charge is 2.34. The highest BCUT2D eigenvalue weighted by atomic mass is 79.9. The number of ether oxygens (including phenoxy) is 1. The van der Waals surface area contributed by atoms with Crippen LogP contribution < -0.4 is 10.1 Å². The Labute approximate surface area is 198 Å². The van der Waals surface area contributed by atoms with Gasteiger partial charge in [0.2, 0.25) is 11.1 Å². The molecule has 4 rings (SSSR count). The number of aromatic nitrogens is 3. The number of anilines is 1. The van der Waals surface area contributed by atoms with Gasteiger partial charge < -0.3 is 10.1 Å². The van der Waals surface area contributed by atoms with E-state index < -0.39 is 6.04 Å². The average molecular weight is 520 g/mol. The number of hydrogen-bond acceptors (Lipinski definition) is 6. The largest absolute Gasteiger partial charge is 0.496 e. The van der Waals surface area contributed by atoms with E-state index in [0.29, 0.717) is 33.2 Å². The average Bonchev–Trinajstić information content (AvgIpc) is 3.14. The molecule has 0 bridgehead atoms. The van der Waals surface area contributed by atoms with Gasteiger partial charge in [0.25, 0.3) is 0 Å². The number of nitrogens with one attached hydrogen (secondary N) is 1. The van der Waals surface area contributed by atoms with Crippen LogP contribution in [0.5, 0.6) is 5.75 Å². The van der Waals surface area contributed by atoms with Crippen molar-refractivity contribution in [1.29, 1.82) is 0 Å². The van der Waals surface area contributed by atoms with E-state index in [1.165, 1.54) is 11.8 Å². The van der Waals surface area contributed by atoms with Crippen LogP contribution in [0.1, 0.15) is 31.0 Å². The molecule has 9 heteroatoms. The monoisotopic (exact) mass is 518 g/mol. The van der Waals surface area contributed by atoms with Crippen molar-refractivity contribution in [3.63, 3.8) is 0 Å².